The van der Waals surface area contributed by atoms with Crippen LogP contribution < -0.4 is 5.32 Å². The average Bonchev–Trinajstić information content (AvgIpc) is 2.75. The molecule has 8 nitrogen and oxygen atoms in total. The summed E-state index contributed by atoms with van der Waals surface area (Å²) < 4.78 is 5.88. The van der Waals surface area contributed by atoms with Gasteiger partial charge in [-0.2, -0.15) is 0 Å². The predicted octanol–water partition coefficient (Wildman–Crippen LogP) is 2.49. The Bertz CT molecular complexity index is 766. The van der Waals surface area contributed by atoms with Gasteiger partial charge in [-0.1, -0.05) is 19.3 Å². The van der Waals surface area contributed by atoms with Gasteiger partial charge in [0.2, 0.25) is 11.9 Å². The first-order chi connectivity index (χ1) is 13.3. The lowest BCUT2D eigenvalue weighted by atomic mass is 9.88. The SMILES string of the molecule is O=C(C1CCCCC1)N1CCOC(c2cncc(Nc3ncccn3)n2)C1. The zero-order chi connectivity index (χ0) is 18.5. The Kier molecular flexibility index (Phi) is 5.53. The molecule has 8 heteroatoms. The van der Waals surface area contributed by atoms with E-state index in [9.17, 15) is 4.79 Å². The Hall–Kier alpha value is -2.61. The fraction of sp³-hybridized carbons (Fsp3) is 0.526. The Morgan fingerprint density at radius 3 is 2.78 bits per heavy atom. The maximum absolute atomic E-state index is 12.8. The van der Waals surface area contributed by atoms with E-state index in [1.165, 1.54) is 6.42 Å². The molecule has 1 aliphatic carbocycles. The molecule has 0 radical (unpaired) electrons. The van der Waals surface area contributed by atoms with Crippen molar-refractivity contribution in [2.24, 2.45) is 5.92 Å². The number of amides is 1. The van der Waals surface area contributed by atoms with Gasteiger partial charge in [0, 0.05) is 24.9 Å². The van der Waals surface area contributed by atoms with Crippen LogP contribution in [0.5, 0.6) is 0 Å². The van der Waals surface area contributed by atoms with Crippen molar-refractivity contribution in [3.05, 3.63) is 36.5 Å². The van der Waals surface area contributed by atoms with Crippen molar-refractivity contribution in [2.45, 2.75) is 38.2 Å². The molecular weight excluding hydrogens is 344 g/mol. The topological polar surface area (TPSA) is 93.1 Å². The van der Waals surface area contributed by atoms with Gasteiger partial charge in [0.1, 0.15) is 6.10 Å². The van der Waals surface area contributed by atoms with Crippen molar-refractivity contribution in [1.82, 2.24) is 24.8 Å². The minimum absolute atomic E-state index is 0.173. The highest BCUT2D eigenvalue weighted by molar-refractivity contribution is 5.79. The monoisotopic (exact) mass is 368 g/mol. The van der Waals surface area contributed by atoms with Crippen LogP contribution in [0.25, 0.3) is 0 Å². The maximum atomic E-state index is 12.8. The highest BCUT2D eigenvalue weighted by Gasteiger charge is 2.31. The van der Waals surface area contributed by atoms with Gasteiger partial charge in [-0.25, -0.2) is 15.0 Å². The molecule has 2 aliphatic rings. The molecule has 2 aromatic rings. The van der Waals surface area contributed by atoms with Crippen LogP contribution in [-0.4, -0.2) is 50.4 Å². The fourth-order valence-corrected chi connectivity index (χ4v) is 3.71. The number of morpholine rings is 1. The van der Waals surface area contributed by atoms with E-state index in [0.29, 0.717) is 37.2 Å². The third kappa shape index (κ3) is 4.39. The van der Waals surface area contributed by atoms with Gasteiger partial charge < -0.3 is 15.0 Å². The van der Waals surface area contributed by atoms with Crippen LogP contribution in [0.4, 0.5) is 11.8 Å². The summed E-state index contributed by atoms with van der Waals surface area (Å²) in [6.07, 6.45) is 11.9. The van der Waals surface area contributed by atoms with E-state index >= 15 is 0 Å². The summed E-state index contributed by atoms with van der Waals surface area (Å²) >= 11 is 0. The predicted molar refractivity (Wildman–Crippen MR) is 99.2 cm³/mol. The molecule has 2 fully saturated rings. The van der Waals surface area contributed by atoms with Crippen molar-refractivity contribution in [3.63, 3.8) is 0 Å². The highest BCUT2D eigenvalue weighted by atomic mass is 16.5. The van der Waals surface area contributed by atoms with E-state index in [4.69, 9.17) is 4.74 Å². The number of rotatable bonds is 4. The van der Waals surface area contributed by atoms with Gasteiger partial charge in [-0.3, -0.25) is 9.78 Å². The van der Waals surface area contributed by atoms with Crippen molar-refractivity contribution < 1.29 is 9.53 Å². The zero-order valence-electron chi connectivity index (χ0n) is 15.3. The summed E-state index contributed by atoms with van der Waals surface area (Å²) in [7, 11) is 0. The van der Waals surface area contributed by atoms with Gasteiger partial charge in [0.15, 0.2) is 5.82 Å². The molecule has 0 spiro atoms. The van der Waals surface area contributed by atoms with Crippen LogP contribution in [0, 0.1) is 5.92 Å². The minimum Gasteiger partial charge on any atom is -0.368 e. The molecule has 1 aliphatic heterocycles. The summed E-state index contributed by atoms with van der Waals surface area (Å²) in [5.41, 5.74) is 0.706. The van der Waals surface area contributed by atoms with Crippen LogP contribution in [0.3, 0.4) is 0 Å². The summed E-state index contributed by atoms with van der Waals surface area (Å²) in [6, 6.07) is 1.75. The zero-order valence-corrected chi connectivity index (χ0v) is 15.3. The number of carbonyl (C=O) groups excluding carboxylic acids is 1. The molecule has 1 unspecified atom stereocenters. The van der Waals surface area contributed by atoms with Crippen molar-refractivity contribution in [3.8, 4) is 0 Å². The molecule has 1 N–H and O–H groups in total. The van der Waals surface area contributed by atoms with Gasteiger partial charge in [-0.15, -0.1) is 0 Å². The summed E-state index contributed by atoms with van der Waals surface area (Å²) in [5.74, 6) is 1.45. The van der Waals surface area contributed by atoms with E-state index < -0.39 is 0 Å². The van der Waals surface area contributed by atoms with Crippen LogP contribution in [0.2, 0.25) is 0 Å². The number of anilines is 2. The molecule has 1 amide bonds. The Balaban J connectivity index is 1.43. The fourth-order valence-electron chi connectivity index (χ4n) is 3.71. The molecule has 0 aromatic carbocycles. The van der Waals surface area contributed by atoms with Gasteiger partial charge in [0.05, 0.1) is 31.2 Å². The van der Waals surface area contributed by atoms with Crippen LogP contribution in [0.15, 0.2) is 30.9 Å². The summed E-state index contributed by atoms with van der Waals surface area (Å²) in [6.45, 7) is 1.69. The average molecular weight is 368 g/mol. The normalized spacial score (nSPS) is 21.0. The van der Waals surface area contributed by atoms with E-state index in [0.717, 1.165) is 25.7 Å². The molecule has 142 valence electrons. The van der Waals surface area contributed by atoms with Gasteiger partial charge in [-0.05, 0) is 18.9 Å². The molecule has 1 saturated carbocycles. The van der Waals surface area contributed by atoms with Gasteiger partial charge in [0.25, 0.3) is 0 Å². The lowest BCUT2D eigenvalue weighted by Gasteiger charge is -2.35. The largest absolute Gasteiger partial charge is 0.368 e. The quantitative estimate of drug-likeness (QED) is 0.886. The molecule has 27 heavy (non-hydrogen) atoms. The van der Waals surface area contributed by atoms with Crippen molar-refractivity contribution >= 4 is 17.7 Å². The first-order valence-electron chi connectivity index (χ1n) is 9.56. The third-order valence-corrected chi connectivity index (χ3v) is 5.12. The first kappa shape index (κ1) is 17.8. The Morgan fingerprint density at radius 1 is 1.15 bits per heavy atom. The van der Waals surface area contributed by atoms with Crippen LogP contribution in [0.1, 0.15) is 43.9 Å². The lowest BCUT2D eigenvalue weighted by Crippen LogP contribution is -2.45. The van der Waals surface area contributed by atoms with Gasteiger partial charge >= 0.3 is 0 Å². The van der Waals surface area contributed by atoms with E-state index in [-0.39, 0.29) is 17.9 Å². The number of nitrogens with zero attached hydrogens (tertiary/aromatic N) is 5. The molecule has 4 rings (SSSR count). The Labute approximate surface area is 158 Å². The Morgan fingerprint density at radius 2 is 1.96 bits per heavy atom. The molecule has 0 bridgehead atoms. The second-order valence-corrected chi connectivity index (χ2v) is 7.01. The van der Waals surface area contributed by atoms with Crippen LogP contribution in [-0.2, 0) is 9.53 Å². The molecule has 1 atom stereocenters. The second kappa shape index (κ2) is 8.39. The van der Waals surface area contributed by atoms with Crippen molar-refractivity contribution in [2.75, 3.05) is 25.0 Å². The number of aromatic nitrogens is 4. The molecule has 2 aromatic heterocycles. The minimum atomic E-state index is -0.266. The molecule has 3 heterocycles. The summed E-state index contributed by atoms with van der Waals surface area (Å²) in [5, 5.41) is 3.04. The number of ether oxygens (including phenoxy) is 1. The van der Waals surface area contributed by atoms with E-state index in [2.05, 4.69) is 25.3 Å². The molecular formula is C19H24N6O2. The summed E-state index contributed by atoms with van der Waals surface area (Å²) in [4.78, 5) is 31.9. The standard InChI is InChI=1S/C19H24N6O2/c26-18(14-5-2-1-3-6-14)25-9-10-27-16(13-25)15-11-20-12-17(23-15)24-19-21-7-4-8-22-19/h4,7-8,11-12,14,16H,1-3,5-6,9-10,13H2,(H,21,22,23,24). The van der Waals surface area contributed by atoms with E-state index in [1.54, 1.807) is 30.9 Å². The van der Waals surface area contributed by atoms with Crippen LogP contribution >= 0.6 is 0 Å². The lowest BCUT2D eigenvalue weighted by molar-refractivity contribution is -0.144. The number of hydrogen-bond acceptors (Lipinski definition) is 7. The van der Waals surface area contributed by atoms with Crippen molar-refractivity contribution in [1.29, 1.82) is 0 Å². The number of nitrogens with one attached hydrogen (secondary N) is 1. The highest BCUT2D eigenvalue weighted by Crippen LogP contribution is 2.28. The number of hydrogen-bond donors (Lipinski definition) is 1. The number of carbonyl (C=O) groups is 1. The molecule has 1 saturated heterocycles. The first-order valence-corrected chi connectivity index (χ1v) is 9.56. The smallest absolute Gasteiger partial charge is 0.228 e. The maximum Gasteiger partial charge on any atom is 0.228 e. The second-order valence-electron chi connectivity index (χ2n) is 7.01. The van der Waals surface area contributed by atoms with E-state index in [1.807, 2.05) is 4.90 Å². The third-order valence-electron chi connectivity index (χ3n) is 5.12.